The van der Waals surface area contributed by atoms with Crippen molar-refractivity contribution < 1.29 is 13.2 Å². The second-order valence-corrected chi connectivity index (χ2v) is 3.06. The SMILES string of the molecule is N#Cc1n[nH]nc1-c1ccc(C(F)(F)F)nc1. The molecule has 86 valence electrons. The van der Waals surface area contributed by atoms with Crippen LogP contribution in [0.5, 0.6) is 0 Å². The van der Waals surface area contributed by atoms with E-state index in [1.807, 2.05) is 0 Å². The first-order valence-electron chi connectivity index (χ1n) is 4.37. The standard InChI is InChI=1S/C9H4F3N5/c10-9(11,12)7-2-1-5(4-14-7)8-6(3-13)15-17-16-8/h1-2,4H,(H,15,16,17). The van der Waals surface area contributed by atoms with E-state index in [0.717, 1.165) is 12.3 Å². The molecule has 0 amide bonds. The number of aromatic nitrogens is 4. The van der Waals surface area contributed by atoms with Crippen molar-refractivity contribution >= 4 is 0 Å². The van der Waals surface area contributed by atoms with Gasteiger partial charge in [-0.25, -0.2) is 0 Å². The Morgan fingerprint density at radius 3 is 2.53 bits per heavy atom. The van der Waals surface area contributed by atoms with Gasteiger partial charge in [0.1, 0.15) is 17.5 Å². The highest BCUT2D eigenvalue weighted by Gasteiger charge is 2.32. The summed E-state index contributed by atoms with van der Waals surface area (Å²) in [5.41, 5.74) is -0.521. The maximum Gasteiger partial charge on any atom is 0.433 e. The van der Waals surface area contributed by atoms with E-state index >= 15 is 0 Å². The first-order valence-corrected chi connectivity index (χ1v) is 4.37. The van der Waals surface area contributed by atoms with Gasteiger partial charge in [-0.15, -0.1) is 5.10 Å². The molecule has 2 aromatic heterocycles. The van der Waals surface area contributed by atoms with Crippen LogP contribution < -0.4 is 0 Å². The molecule has 0 spiro atoms. The quantitative estimate of drug-likeness (QED) is 0.822. The monoisotopic (exact) mass is 239 g/mol. The van der Waals surface area contributed by atoms with Crippen LogP contribution in [0.2, 0.25) is 0 Å². The van der Waals surface area contributed by atoms with E-state index < -0.39 is 11.9 Å². The second kappa shape index (κ2) is 3.86. The van der Waals surface area contributed by atoms with Crippen molar-refractivity contribution in [3.05, 3.63) is 29.7 Å². The summed E-state index contributed by atoms with van der Waals surface area (Å²) in [4.78, 5) is 3.27. The fraction of sp³-hybridized carbons (Fsp3) is 0.111. The topological polar surface area (TPSA) is 78.2 Å². The highest BCUT2D eigenvalue weighted by atomic mass is 19.4. The maximum absolute atomic E-state index is 12.3. The van der Waals surface area contributed by atoms with Crippen LogP contribution in [-0.4, -0.2) is 20.4 Å². The van der Waals surface area contributed by atoms with Crippen LogP contribution in [0, 0.1) is 11.3 Å². The smallest absolute Gasteiger partial charge is 0.251 e. The zero-order valence-electron chi connectivity index (χ0n) is 8.15. The minimum absolute atomic E-state index is 0.00607. The zero-order chi connectivity index (χ0) is 12.5. The molecule has 0 aliphatic rings. The minimum atomic E-state index is -4.49. The summed E-state index contributed by atoms with van der Waals surface area (Å²) in [6, 6.07) is 3.78. The van der Waals surface area contributed by atoms with Gasteiger partial charge >= 0.3 is 6.18 Å². The van der Waals surface area contributed by atoms with Crippen LogP contribution >= 0.6 is 0 Å². The van der Waals surface area contributed by atoms with Gasteiger partial charge in [-0.1, -0.05) is 0 Å². The number of rotatable bonds is 1. The lowest BCUT2D eigenvalue weighted by atomic mass is 10.1. The number of nitrogens with zero attached hydrogens (tertiary/aromatic N) is 4. The number of hydrogen-bond acceptors (Lipinski definition) is 4. The van der Waals surface area contributed by atoms with Gasteiger partial charge < -0.3 is 0 Å². The number of hydrogen-bond donors (Lipinski definition) is 1. The van der Waals surface area contributed by atoms with Gasteiger partial charge in [0.05, 0.1) is 0 Å². The normalized spacial score (nSPS) is 11.2. The summed E-state index contributed by atoms with van der Waals surface area (Å²) in [7, 11) is 0. The molecular formula is C9H4F3N5. The van der Waals surface area contributed by atoms with E-state index in [1.165, 1.54) is 6.07 Å². The van der Waals surface area contributed by atoms with E-state index in [0.29, 0.717) is 5.56 Å². The number of pyridine rings is 1. The Morgan fingerprint density at radius 2 is 2.00 bits per heavy atom. The average molecular weight is 239 g/mol. The average Bonchev–Trinajstić information content (AvgIpc) is 2.76. The molecule has 2 aromatic rings. The molecule has 2 heterocycles. The Bertz CT molecular complexity index is 564. The lowest BCUT2D eigenvalue weighted by Gasteiger charge is -2.05. The molecule has 0 bridgehead atoms. The van der Waals surface area contributed by atoms with Crippen LogP contribution in [0.15, 0.2) is 18.3 Å². The van der Waals surface area contributed by atoms with Gasteiger partial charge in [-0.2, -0.15) is 28.7 Å². The van der Waals surface area contributed by atoms with E-state index in [2.05, 4.69) is 20.4 Å². The highest BCUT2D eigenvalue weighted by molar-refractivity contribution is 5.63. The molecule has 2 rings (SSSR count). The largest absolute Gasteiger partial charge is 0.433 e. The molecule has 0 aromatic carbocycles. The van der Waals surface area contributed by atoms with Crippen LogP contribution in [0.1, 0.15) is 11.4 Å². The third-order valence-electron chi connectivity index (χ3n) is 1.98. The van der Waals surface area contributed by atoms with E-state index in [1.54, 1.807) is 6.07 Å². The van der Waals surface area contributed by atoms with Gasteiger partial charge in [0.15, 0.2) is 5.69 Å². The molecule has 0 aliphatic heterocycles. The number of nitrogens with one attached hydrogen (secondary N) is 1. The molecule has 0 radical (unpaired) electrons. The van der Waals surface area contributed by atoms with Crippen molar-refractivity contribution in [3.63, 3.8) is 0 Å². The molecule has 0 saturated carbocycles. The van der Waals surface area contributed by atoms with Crippen LogP contribution in [0.25, 0.3) is 11.3 Å². The number of halogens is 3. The van der Waals surface area contributed by atoms with Crippen LogP contribution in [0.3, 0.4) is 0 Å². The van der Waals surface area contributed by atoms with Gasteiger partial charge in [0.2, 0.25) is 0 Å². The first-order chi connectivity index (χ1) is 8.02. The van der Waals surface area contributed by atoms with Crippen molar-refractivity contribution in [1.29, 1.82) is 5.26 Å². The lowest BCUT2D eigenvalue weighted by Crippen LogP contribution is -2.07. The van der Waals surface area contributed by atoms with Gasteiger partial charge in [-0.3, -0.25) is 4.98 Å². The van der Waals surface area contributed by atoms with Gasteiger partial charge in [0.25, 0.3) is 0 Å². The third kappa shape index (κ3) is 2.08. The van der Waals surface area contributed by atoms with E-state index in [4.69, 9.17) is 5.26 Å². The Morgan fingerprint density at radius 1 is 1.24 bits per heavy atom. The Balaban J connectivity index is 2.40. The summed E-state index contributed by atoms with van der Waals surface area (Å²) >= 11 is 0. The Kier molecular flexibility index (Phi) is 2.51. The summed E-state index contributed by atoms with van der Waals surface area (Å²) in [5, 5.41) is 18.1. The van der Waals surface area contributed by atoms with Crippen LogP contribution in [0.4, 0.5) is 13.2 Å². The fourth-order valence-electron chi connectivity index (χ4n) is 1.21. The van der Waals surface area contributed by atoms with E-state index in [9.17, 15) is 13.2 Å². The van der Waals surface area contributed by atoms with Crippen molar-refractivity contribution in [2.75, 3.05) is 0 Å². The van der Waals surface area contributed by atoms with Gasteiger partial charge in [-0.05, 0) is 12.1 Å². The molecule has 8 heteroatoms. The number of nitriles is 1. The van der Waals surface area contributed by atoms with Crippen LogP contribution in [-0.2, 0) is 6.18 Å². The molecular weight excluding hydrogens is 235 g/mol. The lowest BCUT2D eigenvalue weighted by molar-refractivity contribution is -0.141. The predicted molar refractivity (Wildman–Crippen MR) is 49.3 cm³/mol. The Labute approximate surface area is 92.9 Å². The minimum Gasteiger partial charge on any atom is -0.251 e. The summed E-state index contributed by atoms with van der Waals surface area (Å²) in [5.74, 6) is 0. The van der Waals surface area contributed by atoms with Crippen molar-refractivity contribution in [2.45, 2.75) is 6.18 Å². The Hall–Kier alpha value is -2.43. The van der Waals surface area contributed by atoms with Gasteiger partial charge in [0, 0.05) is 11.8 Å². The molecule has 17 heavy (non-hydrogen) atoms. The molecule has 0 atom stereocenters. The summed E-state index contributed by atoms with van der Waals surface area (Å²) in [6.45, 7) is 0. The number of aromatic amines is 1. The van der Waals surface area contributed by atoms with E-state index in [-0.39, 0.29) is 11.4 Å². The zero-order valence-corrected chi connectivity index (χ0v) is 8.15. The molecule has 0 unspecified atom stereocenters. The molecule has 0 saturated heterocycles. The molecule has 5 nitrogen and oxygen atoms in total. The third-order valence-corrected chi connectivity index (χ3v) is 1.98. The number of alkyl halides is 3. The molecule has 0 aliphatic carbocycles. The molecule has 1 N–H and O–H groups in total. The predicted octanol–water partition coefficient (Wildman–Crippen LogP) is 1.76. The van der Waals surface area contributed by atoms with Crippen molar-refractivity contribution in [2.24, 2.45) is 0 Å². The number of H-pyrrole nitrogens is 1. The summed E-state index contributed by atoms with van der Waals surface area (Å²) in [6.07, 6.45) is -3.48. The summed E-state index contributed by atoms with van der Waals surface area (Å²) < 4.78 is 36.8. The first kappa shape index (κ1) is 11.1. The highest BCUT2D eigenvalue weighted by Crippen LogP contribution is 2.28. The fourth-order valence-corrected chi connectivity index (χ4v) is 1.21. The molecule has 0 fully saturated rings. The van der Waals surface area contributed by atoms with Crippen molar-refractivity contribution in [1.82, 2.24) is 20.4 Å². The maximum atomic E-state index is 12.3. The van der Waals surface area contributed by atoms with Crippen molar-refractivity contribution in [3.8, 4) is 17.3 Å². The second-order valence-electron chi connectivity index (χ2n) is 3.06.